The zero-order valence-corrected chi connectivity index (χ0v) is 15.9. The number of rotatable bonds is 8. The Morgan fingerprint density at radius 1 is 1.07 bits per heavy atom. The molecule has 146 valence electrons. The van der Waals surface area contributed by atoms with E-state index in [0.29, 0.717) is 6.54 Å². The molecule has 1 atom stereocenters. The average Bonchev–Trinajstić information content (AvgIpc) is 2.71. The maximum atomic E-state index is 13.4. The van der Waals surface area contributed by atoms with E-state index < -0.39 is 0 Å². The molecule has 1 unspecified atom stereocenters. The van der Waals surface area contributed by atoms with Gasteiger partial charge in [-0.25, -0.2) is 4.39 Å². The number of hydrogen-bond acceptors (Lipinski definition) is 5. The summed E-state index contributed by atoms with van der Waals surface area (Å²) in [6.07, 6.45) is 0. The minimum Gasteiger partial charge on any atom is -0.493 e. The summed E-state index contributed by atoms with van der Waals surface area (Å²) < 4.78 is 29.7. The fraction of sp³-hybridized carbons (Fsp3) is 0.429. The van der Waals surface area contributed by atoms with Crippen molar-refractivity contribution in [3.05, 3.63) is 59.4 Å². The number of nitrogens with one attached hydrogen (secondary N) is 1. The molecule has 6 heteroatoms. The molecule has 0 radical (unpaired) electrons. The molecule has 5 nitrogen and oxygen atoms in total. The van der Waals surface area contributed by atoms with Crippen molar-refractivity contribution in [2.75, 3.05) is 47.1 Å². The molecule has 27 heavy (non-hydrogen) atoms. The highest BCUT2D eigenvalue weighted by molar-refractivity contribution is 5.44. The molecule has 1 aliphatic heterocycles. The Morgan fingerprint density at radius 2 is 1.85 bits per heavy atom. The van der Waals surface area contributed by atoms with Crippen molar-refractivity contribution in [2.24, 2.45) is 0 Å². The number of hydrogen-bond donors (Lipinski definition) is 1. The first kappa shape index (κ1) is 19.6. The van der Waals surface area contributed by atoms with Gasteiger partial charge < -0.3 is 19.5 Å². The molecule has 1 aliphatic rings. The zero-order chi connectivity index (χ0) is 19.1. The van der Waals surface area contributed by atoms with Gasteiger partial charge >= 0.3 is 0 Å². The largest absolute Gasteiger partial charge is 0.493 e. The van der Waals surface area contributed by atoms with Crippen molar-refractivity contribution in [1.82, 2.24) is 10.2 Å². The highest BCUT2D eigenvalue weighted by Gasteiger charge is 2.23. The second kappa shape index (κ2) is 9.69. The van der Waals surface area contributed by atoms with E-state index in [1.54, 1.807) is 26.4 Å². The van der Waals surface area contributed by atoms with E-state index in [0.717, 1.165) is 55.5 Å². The number of halogens is 1. The highest BCUT2D eigenvalue weighted by Crippen LogP contribution is 2.32. The first-order valence-corrected chi connectivity index (χ1v) is 9.20. The molecular weight excluding hydrogens is 347 g/mol. The minimum atomic E-state index is -0.209. The molecule has 0 aromatic heterocycles. The molecule has 3 rings (SSSR count). The first-order chi connectivity index (χ1) is 13.2. The van der Waals surface area contributed by atoms with Crippen LogP contribution in [0.15, 0.2) is 42.5 Å². The quantitative estimate of drug-likeness (QED) is 0.769. The predicted octanol–water partition coefficient (Wildman–Crippen LogP) is 3.01. The van der Waals surface area contributed by atoms with Gasteiger partial charge in [0.05, 0.1) is 27.4 Å². The van der Waals surface area contributed by atoms with Crippen LogP contribution in [-0.4, -0.2) is 52.0 Å². The lowest BCUT2D eigenvalue weighted by Gasteiger charge is -2.35. The number of nitrogens with zero attached hydrogens (tertiary/aromatic N) is 1. The SMILES string of the molecule is COc1ccc(C(CNCc2cccc(F)c2)N2CCOCC2)cc1OC. The molecule has 1 fully saturated rings. The number of ether oxygens (including phenoxy) is 3. The number of morpholine rings is 1. The Bertz CT molecular complexity index is 735. The van der Waals surface area contributed by atoms with Gasteiger partial charge in [0, 0.05) is 32.2 Å². The monoisotopic (exact) mass is 374 g/mol. The van der Waals surface area contributed by atoms with Gasteiger partial charge in [0.2, 0.25) is 0 Å². The van der Waals surface area contributed by atoms with E-state index in [1.165, 1.54) is 6.07 Å². The lowest BCUT2D eigenvalue weighted by Crippen LogP contribution is -2.42. The van der Waals surface area contributed by atoms with Crippen LogP contribution in [0.4, 0.5) is 4.39 Å². The third kappa shape index (κ3) is 5.19. The van der Waals surface area contributed by atoms with Gasteiger partial charge in [0.15, 0.2) is 11.5 Å². The average molecular weight is 374 g/mol. The third-order valence-corrected chi connectivity index (χ3v) is 4.83. The summed E-state index contributed by atoms with van der Waals surface area (Å²) in [6, 6.07) is 12.9. The van der Waals surface area contributed by atoms with E-state index in [1.807, 2.05) is 18.2 Å². The molecule has 0 spiro atoms. The maximum Gasteiger partial charge on any atom is 0.161 e. The lowest BCUT2D eigenvalue weighted by molar-refractivity contribution is 0.0160. The second-order valence-electron chi connectivity index (χ2n) is 6.54. The van der Waals surface area contributed by atoms with Gasteiger partial charge in [0.25, 0.3) is 0 Å². The molecule has 1 N–H and O–H groups in total. The van der Waals surface area contributed by atoms with Crippen molar-refractivity contribution in [3.63, 3.8) is 0 Å². The summed E-state index contributed by atoms with van der Waals surface area (Å²) in [5.74, 6) is 1.23. The first-order valence-electron chi connectivity index (χ1n) is 9.20. The topological polar surface area (TPSA) is 43.0 Å². The third-order valence-electron chi connectivity index (χ3n) is 4.83. The summed E-state index contributed by atoms with van der Waals surface area (Å²) in [7, 11) is 3.28. The van der Waals surface area contributed by atoms with E-state index in [9.17, 15) is 4.39 Å². The van der Waals surface area contributed by atoms with Crippen LogP contribution >= 0.6 is 0 Å². The van der Waals surface area contributed by atoms with E-state index in [4.69, 9.17) is 14.2 Å². The summed E-state index contributed by atoms with van der Waals surface area (Å²) in [4.78, 5) is 2.41. The smallest absolute Gasteiger partial charge is 0.161 e. The molecule has 0 amide bonds. The van der Waals surface area contributed by atoms with Crippen LogP contribution < -0.4 is 14.8 Å². The molecule has 0 aliphatic carbocycles. The van der Waals surface area contributed by atoms with Crippen molar-refractivity contribution in [2.45, 2.75) is 12.6 Å². The Kier molecular flexibility index (Phi) is 7.04. The minimum absolute atomic E-state index is 0.169. The van der Waals surface area contributed by atoms with Crippen molar-refractivity contribution >= 4 is 0 Å². The van der Waals surface area contributed by atoms with Crippen molar-refractivity contribution in [1.29, 1.82) is 0 Å². The Labute approximate surface area is 160 Å². The van der Waals surface area contributed by atoms with Gasteiger partial charge in [0.1, 0.15) is 5.82 Å². The van der Waals surface area contributed by atoms with Crippen molar-refractivity contribution < 1.29 is 18.6 Å². The fourth-order valence-corrected chi connectivity index (χ4v) is 3.41. The van der Waals surface area contributed by atoms with E-state index in [-0.39, 0.29) is 11.9 Å². The van der Waals surface area contributed by atoms with Crippen LogP contribution in [0.1, 0.15) is 17.2 Å². The van der Waals surface area contributed by atoms with E-state index in [2.05, 4.69) is 16.3 Å². The van der Waals surface area contributed by atoms with Gasteiger partial charge in [-0.05, 0) is 35.4 Å². The Balaban J connectivity index is 1.74. The molecule has 1 saturated heterocycles. The van der Waals surface area contributed by atoms with Crippen LogP contribution in [0, 0.1) is 5.82 Å². The van der Waals surface area contributed by atoms with Gasteiger partial charge in [-0.3, -0.25) is 4.90 Å². The maximum absolute atomic E-state index is 13.4. The molecular formula is C21H27FN2O3. The number of methoxy groups -OCH3 is 2. The highest BCUT2D eigenvalue weighted by atomic mass is 19.1. The van der Waals surface area contributed by atoms with Crippen molar-refractivity contribution in [3.8, 4) is 11.5 Å². The summed E-state index contributed by atoms with van der Waals surface area (Å²) in [5, 5.41) is 3.47. The second-order valence-corrected chi connectivity index (χ2v) is 6.54. The van der Waals surface area contributed by atoms with Crippen LogP contribution in [0.25, 0.3) is 0 Å². The zero-order valence-electron chi connectivity index (χ0n) is 15.9. The molecule has 2 aromatic rings. The van der Waals surface area contributed by atoms with Crippen LogP contribution in [0.2, 0.25) is 0 Å². The van der Waals surface area contributed by atoms with Crippen LogP contribution in [-0.2, 0) is 11.3 Å². The predicted molar refractivity (Wildman–Crippen MR) is 103 cm³/mol. The van der Waals surface area contributed by atoms with Gasteiger partial charge in [-0.1, -0.05) is 18.2 Å². The summed E-state index contributed by atoms with van der Waals surface area (Å²) in [5.41, 5.74) is 2.09. The molecule has 2 aromatic carbocycles. The Morgan fingerprint density at radius 3 is 2.56 bits per heavy atom. The van der Waals surface area contributed by atoms with Crippen LogP contribution in [0.3, 0.4) is 0 Å². The lowest BCUT2D eigenvalue weighted by atomic mass is 10.0. The van der Waals surface area contributed by atoms with Gasteiger partial charge in [-0.15, -0.1) is 0 Å². The summed E-state index contributed by atoms with van der Waals surface area (Å²) >= 11 is 0. The number of benzene rings is 2. The Hall–Kier alpha value is -2.15. The summed E-state index contributed by atoms with van der Waals surface area (Å²) in [6.45, 7) is 4.57. The molecule has 0 bridgehead atoms. The van der Waals surface area contributed by atoms with E-state index >= 15 is 0 Å². The molecule has 0 saturated carbocycles. The van der Waals surface area contributed by atoms with Gasteiger partial charge in [-0.2, -0.15) is 0 Å². The fourth-order valence-electron chi connectivity index (χ4n) is 3.41. The standard InChI is InChI=1S/C21H27FN2O3/c1-25-20-7-6-17(13-21(20)26-2)19(24-8-10-27-11-9-24)15-23-14-16-4-3-5-18(22)12-16/h3-7,12-13,19,23H,8-11,14-15H2,1-2H3. The molecule has 1 heterocycles. The van der Waals surface area contributed by atoms with Crippen LogP contribution in [0.5, 0.6) is 11.5 Å². The normalized spacial score (nSPS) is 16.1.